The predicted molar refractivity (Wildman–Crippen MR) is 123 cm³/mol. The van der Waals surface area contributed by atoms with Crippen LogP contribution in [0.25, 0.3) is 0 Å². The van der Waals surface area contributed by atoms with Crippen molar-refractivity contribution in [3.05, 3.63) is 35.4 Å². The second kappa shape index (κ2) is 13.8. The molecule has 0 aromatic heterocycles. The van der Waals surface area contributed by atoms with E-state index in [1.807, 2.05) is 37.2 Å². The second-order valence-corrected chi connectivity index (χ2v) is 7.98. The molecule has 6 nitrogen and oxygen atoms in total. The van der Waals surface area contributed by atoms with Crippen LogP contribution in [0.5, 0.6) is 0 Å². The molecule has 8 heteroatoms. The summed E-state index contributed by atoms with van der Waals surface area (Å²) in [4.78, 5) is 26.7. The van der Waals surface area contributed by atoms with Crippen molar-refractivity contribution in [2.24, 2.45) is 11.1 Å². The summed E-state index contributed by atoms with van der Waals surface area (Å²) in [5, 5.41) is 5.90. The first kappa shape index (κ1) is 27.7. The molecule has 0 radical (unpaired) electrons. The minimum atomic E-state index is -0.0886. The smallest absolute Gasteiger partial charge is 0.251 e. The fourth-order valence-corrected chi connectivity index (χ4v) is 3.68. The lowest BCUT2D eigenvalue weighted by atomic mass is 9.71. The molecular formula is C21H36Cl2N4O2. The zero-order valence-corrected chi connectivity index (χ0v) is 19.2. The summed E-state index contributed by atoms with van der Waals surface area (Å²) in [6.45, 7) is 2.40. The number of hydrogen-bond donors (Lipinski definition) is 3. The number of nitrogens with two attached hydrogens (primary N) is 1. The van der Waals surface area contributed by atoms with Crippen LogP contribution in [0.1, 0.15) is 54.4 Å². The highest BCUT2D eigenvalue weighted by Crippen LogP contribution is 2.38. The maximum atomic E-state index is 12.4. The van der Waals surface area contributed by atoms with E-state index in [0.717, 1.165) is 37.8 Å². The number of likely N-dealkylation sites (N-methyl/N-ethyl adjacent to an activating group) is 1. The fraction of sp³-hybridized carbons (Fsp3) is 0.619. The van der Waals surface area contributed by atoms with Gasteiger partial charge in [0.25, 0.3) is 5.91 Å². The van der Waals surface area contributed by atoms with Crippen molar-refractivity contribution >= 4 is 36.6 Å². The Bertz CT molecular complexity index is 635. The van der Waals surface area contributed by atoms with Gasteiger partial charge in [0, 0.05) is 31.6 Å². The van der Waals surface area contributed by atoms with Crippen LogP contribution < -0.4 is 16.4 Å². The molecule has 29 heavy (non-hydrogen) atoms. The molecule has 2 amide bonds. The van der Waals surface area contributed by atoms with E-state index in [0.29, 0.717) is 31.6 Å². The van der Waals surface area contributed by atoms with Gasteiger partial charge in [0.2, 0.25) is 5.91 Å². The molecule has 2 rings (SSSR count). The highest BCUT2D eigenvalue weighted by molar-refractivity contribution is 5.94. The molecule has 1 aromatic rings. The number of rotatable bonds is 9. The lowest BCUT2D eigenvalue weighted by Gasteiger charge is -2.35. The van der Waals surface area contributed by atoms with Crippen molar-refractivity contribution < 1.29 is 9.59 Å². The first-order valence-electron chi connectivity index (χ1n) is 9.93. The molecule has 1 fully saturated rings. The SMILES string of the molecule is CN(C)CCNC(=O)c1cccc(CNC(=O)CC2(CN)CCCCC2)c1.Cl.Cl. The molecule has 0 atom stereocenters. The van der Waals surface area contributed by atoms with Gasteiger partial charge < -0.3 is 21.3 Å². The van der Waals surface area contributed by atoms with Gasteiger partial charge in [-0.1, -0.05) is 31.4 Å². The number of amides is 2. The third-order valence-corrected chi connectivity index (χ3v) is 5.41. The van der Waals surface area contributed by atoms with Crippen LogP contribution in [-0.2, 0) is 11.3 Å². The Kier molecular flexibility index (Phi) is 13.2. The van der Waals surface area contributed by atoms with Crippen molar-refractivity contribution in [2.45, 2.75) is 45.1 Å². The van der Waals surface area contributed by atoms with Gasteiger partial charge >= 0.3 is 0 Å². The molecule has 4 N–H and O–H groups in total. The van der Waals surface area contributed by atoms with Crippen molar-refractivity contribution in [3.63, 3.8) is 0 Å². The number of nitrogens with one attached hydrogen (secondary N) is 2. The molecule has 166 valence electrons. The maximum absolute atomic E-state index is 12.4. The lowest BCUT2D eigenvalue weighted by Crippen LogP contribution is -2.38. The van der Waals surface area contributed by atoms with E-state index in [1.165, 1.54) is 6.42 Å². The van der Waals surface area contributed by atoms with E-state index >= 15 is 0 Å². The largest absolute Gasteiger partial charge is 0.352 e. The van der Waals surface area contributed by atoms with Gasteiger partial charge in [0.15, 0.2) is 0 Å². The number of benzene rings is 1. The molecule has 1 aromatic carbocycles. The average Bonchev–Trinajstić information content (AvgIpc) is 2.67. The Morgan fingerprint density at radius 1 is 1.10 bits per heavy atom. The molecule has 1 aliphatic carbocycles. The highest BCUT2D eigenvalue weighted by Gasteiger charge is 2.32. The minimum absolute atomic E-state index is 0. The Morgan fingerprint density at radius 2 is 1.79 bits per heavy atom. The molecule has 0 bridgehead atoms. The van der Waals surface area contributed by atoms with Gasteiger partial charge in [-0.3, -0.25) is 9.59 Å². The Hall–Kier alpha value is -1.34. The summed E-state index contributed by atoms with van der Waals surface area (Å²) in [6.07, 6.45) is 6.14. The van der Waals surface area contributed by atoms with Crippen LogP contribution >= 0.6 is 24.8 Å². The normalized spacial score (nSPS) is 15.0. The van der Waals surface area contributed by atoms with Crippen LogP contribution in [0.2, 0.25) is 0 Å². The Balaban J connectivity index is 0.00000392. The van der Waals surface area contributed by atoms with E-state index in [4.69, 9.17) is 5.73 Å². The summed E-state index contributed by atoms with van der Waals surface area (Å²) < 4.78 is 0. The molecule has 0 heterocycles. The third kappa shape index (κ3) is 9.34. The standard InChI is InChI=1S/C21H34N4O2.2ClH/c1-25(2)12-11-23-20(27)18-8-6-7-17(13-18)15-24-19(26)14-21(16-22)9-4-3-5-10-21;;/h6-8,13H,3-5,9-12,14-16,22H2,1-2H3,(H,23,27)(H,24,26);2*1H. The zero-order chi connectivity index (χ0) is 19.7. The molecule has 0 aliphatic heterocycles. The third-order valence-electron chi connectivity index (χ3n) is 5.41. The summed E-state index contributed by atoms with van der Waals surface area (Å²) in [7, 11) is 3.94. The summed E-state index contributed by atoms with van der Waals surface area (Å²) >= 11 is 0. The van der Waals surface area contributed by atoms with Crippen LogP contribution in [0.3, 0.4) is 0 Å². The van der Waals surface area contributed by atoms with Crippen LogP contribution in [-0.4, -0.2) is 50.4 Å². The van der Waals surface area contributed by atoms with Gasteiger partial charge in [-0.05, 0) is 56.6 Å². The van der Waals surface area contributed by atoms with Crippen molar-refractivity contribution in [3.8, 4) is 0 Å². The highest BCUT2D eigenvalue weighted by atomic mass is 35.5. The van der Waals surface area contributed by atoms with Gasteiger partial charge in [0.05, 0.1) is 0 Å². The van der Waals surface area contributed by atoms with Crippen LogP contribution in [0.4, 0.5) is 0 Å². The number of nitrogens with zero attached hydrogens (tertiary/aromatic N) is 1. The summed E-state index contributed by atoms with van der Waals surface area (Å²) in [6, 6.07) is 7.41. The Labute approximate surface area is 187 Å². The van der Waals surface area contributed by atoms with Gasteiger partial charge in [-0.2, -0.15) is 0 Å². The van der Waals surface area contributed by atoms with Gasteiger partial charge in [-0.25, -0.2) is 0 Å². The average molecular weight is 447 g/mol. The second-order valence-electron chi connectivity index (χ2n) is 7.98. The molecule has 0 spiro atoms. The van der Waals surface area contributed by atoms with Crippen molar-refractivity contribution in [1.82, 2.24) is 15.5 Å². The van der Waals surface area contributed by atoms with Gasteiger partial charge in [-0.15, -0.1) is 24.8 Å². The first-order valence-corrected chi connectivity index (χ1v) is 9.93. The quantitative estimate of drug-likeness (QED) is 0.543. The number of carbonyl (C=O) groups excluding carboxylic acids is 2. The maximum Gasteiger partial charge on any atom is 0.251 e. The van der Waals surface area contributed by atoms with Crippen LogP contribution in [0.15, 0.2) is 24.3 Å². The van der Waals surface area contributed by atoms with E-state index in [2.05, 4.69) is 10.6 Å². The van der Waals surface area contributed by atoms with E-state index < -0.39 is 0 Å². The number of halogens is 2. The minimum Gasteiger partial charge on any atom is -0.352 e. The predicted octanol–water partition coefficient (Wildman–Crippen LogP) is 2.74. The number of hydrogen-bond acceptors (Lipinski definition) is 4. The molecule has 1 saturated carbocycles. The fourth-order valence-electron chi connectivity index (χ4n) is 3.68. The monoisotopic (exact) mass is 446 g/mol. The first-order chi connectivity index (χ1) is 12.9. The van der Waals surface area contributed by atoms with Crippen LogP contribution in [0, 0.1) is 5.41 Å². The summed E-state index contributed by atoms with van der Waals surface area (Å²) in [5.41, 5.74) is 7.49. The van der Waals surface area contributed by atoms with E-state index in [9.17, 15) is 9.59 Å². The number of carbonyl (C=O) groups is 2. The molecule has 0 unspecified atom stereocenters. The van der Waals surface area contributed by atoms with Crippen molar-refractivity contribution in [2.75, 3.05) is 33.7 Å². The molecule has 1 aliphatic rings. The van der Waals surface area contributed by atoms with E-state index in [1.54, 1.807) is 6.07 Å². The van der Waals surface area contributed by atoms with Crippen molar-refractivity contribution in [1.29, 1.82) is 0 Å². The topological polar surface area (TPSA) is 87.5 Å². The summed E-state index contributed by atoms with van der Waals surface area (Å²) in [5.74, 6) is -0.0440. The zero-order valence-electron chi connectivity index (χ0n) is 17.5. The van der Waals surface area contributed by atoms with Gasteiger partial charge in [0.1, 0.15) is 0 Å². The molecular weight excluding hydrogens is 411 g/mol. The molecule has 0 saturated heterocycles. The Morgan fingerprint density at radius 3 is 2.41 bits per heavy atom. The lowest BCUT2D eigenvalue weighted by molar-refractivity contribution is -0.124. The van der Waals surface area contributed by atoms with E-state index in [-0.39, 0.29) is 42.0 Å².